The van der Waals surface area contributed by atoms with E-state index in [1.54, 1.807) is 21.3 Å². The molecule has 1 saturated heterocycles. The molecule has 33 heavy (non-hydrogen) atoms. The van der Waals surface area contributed by atoms with Crippen LogP contribution >= 0.6 is 0 Å². The zero-order valence-corrected chi connectivity index (χ0v) is 19.4. The number of fused-ring (bicyclic) bond motifs is 3. The van der Waals surface area contributed by atoms with E-state index in [4.69, 9.17) is 14.2 Å². The predicted molar refractivity (Wildman–Crippen MR) is 126 cm³/mol. The molecule has 2 aliphatic rings. The van der Waals surface area contributed by atoms with Crippen molar-refractivity contribution in [3.8, 4) is 28.5 Å². The summed E-state index contributed by atoms with van der Waals surface area (Å²) >= 11 is 0. The number of piperazine rings is 1. The average Bonchev–Trinajstić information content (AvgIpc) is 3.39. The number of hydrogen-bond acceptors (Lipinski definition) is 6. The average molecular weight is 449 g/mol. The van der Waals surface area contributed by atoms with Crippen molar-refractivity contribution in [1.29, 1.82) is 0 Å². The molecule has 0 unspecified atom stereocenters. The van der Waals surface area contributed by atoms with Crippen LogP contribution in [-0.2, 0) is 13.5 Å². The minimum Gasteiger partial charge on any atom is -0.497 e. The Labute approximate surface area is 193 Å². The van der Waals surface area contributed by atoms with Crippen LogP contribution in [0, 0.1) is 0 Å². The lowest BCUT2D eigenvalue weighted by molar-refractivity contribution is 0.0739. The summed E-state index contributed by atoms with van der Waals surface area (Å²) in [6, 6.07) is 12.0. The minimum absolute atomic E-state index is 0.00651. The van der Waals surface area contributed by atoms with E-state index < -0.39 is 0 Å². The summed E-state index contributed by atoms with van der Waals surface area (Å²) in [7, 11) is 6.82. The highest BCUT2D eigenvalue weighted by Gasteiger charge is 2.33. The number of carbonyl (C=O) groups is 1. The first kappa shape index (κ1) is 21.2. The van der Waals surface area contributed by atoms with Gasteiger partial charge in [0.1, 0.15) is 5.75 Å². The highest BCUT2D eigenvalue weighted by atomic mass is 16.5. The molecular formula is C25H28N4O4. The number of hydrogen-bond donors (Lipinski definition) is 0. The maximum absolute atomic E-state index is 13.5. The van der Waals surface area contributed by atoms with Crippen LogP contribution in [0.5, 0.6) is 17.2 Å². The highest BCUT2D eigenvalue weighted by molar-refractivity contribution is 5.97. The van der Waals surface area contributed by atoms with Crippen molar-refractivity contribution >= 4 is 11.6 Å². The molecule has 0 spiro atoms. The molecule has 2 aromatic carbocycles. The first-order valence-electron chi connectivity index (χ1n) is 11.0. The largest absolute Gasteiger partial charge is 0.497 e. The third-order valence-electron chi connectivity index (χ3n) is 6.58. The maximum atomic E-state index is 13.5. The fourth-order valence-corrected chi connectivity index (χ4v) is 4.83. The highest BCUT2D eigenvalue weighted by Crippen LogP contribution is 2.43. The number of aryl methyl sites for hydroxylation is 1. The molecule has 5 rings (SSSR count). The van der Waals surface area contributed by atoms with Crippen molar-refractivity contribution in [2.24, 2.45) is 7.05 Å². The lowest BCUT2D eigenvalue weighted by Crippen LogP contribution is -2.49. The summed E-state index contributed by atoms with van der Waals surface area (Å²) in [5.41, 5.74) is 5.80. The van der Waals surface area contributed by atoms with Crippen molar-refractivity contribution in [1.82, 2.24) is 14.7 Å². The van der Waals surface area contributed by atoms with Gasteiger partial charge in [-0.25, -0.2) is 0 Å². The summed E-state index contributed by atoms with van der Waals surface area (Å²) in [5, 5.41) is 4.63. The van der Waals surface area contributed by atoms with Gasteiger partial charge in [0, 0.05) is 56.5 Å². The Kier molecular flexibility index (Phi) is 5.36. The number of amides is 1. The molecule has 2 heterocycles. The Bertz CT molecular complexity index is 1190. The minimum atomic E-state index is -0.00651. The second-order valence-corrected chi connectivity index (χ2v) is 8.32. The molecule has 172 valence electrons. The summed E-state index contributed by atoms with van der Waals surface area (Å²) < 4.78 is 18.0. The first-order chi connectivity index (χ1) is 16.0. The van der Waals surface area contributed by atoms with Crippen molar-refractivity contribution < 1.29 is 19.0 Å². The molecule has 1 fully saturated rings. The molecule has 1 amide bonds. The fraction of sp³-hybridized carbons (Fsp3) is 0.360. The van der Waals surface area contributed by atoms with Gasteiger partial charge in [-0.05, 0) is 42.0 Å². The standard InChI is InChI=1S/C25H28N4O4/c1-27-24-19-15-22(33-4)21(32-3)14-16(19)13-20(24)23(26-27)25(30)29-11-9-28(10-12-29)17-5-7-18(31-2)8-6-17/h5-8,14-15H,9-13H2,1-4H3. The van der Waals surface area contributed by atoms with Crippen molar-refractivity contribution in [3.05, 3.63) is 53.2 Å². The second-order valence-electron chi connectivity index (χ2n) is 8.32. The van der Waals surface area contributed by atoms with Gasteiger partial charge in [0.05, 0.1) is 27.0 Å². The van der Waals surface area contributed by atoms with Crippen molar-refractivity contribution in [2.75, 3.05) is 52.4 Å². The molecule has 1 aliphatic carbocycles. The molecule has 0 atom stereocenters. The van der Waals surface area contributed by atoms with Gasteiger partial charge in [-0.3, -0.25) is 9.48 Å². The Morgan fingerprint density at radius 2 is 1.58 bits per heavy atom. The molecule has 8 nitrogen and oxygen atoms in total. The summed E-state index contributed by atoms with van der Waals surface area (Å²) in [4.78, 5) is 17.7. The van der Waals surface area contributed by atoms with Crippen LogP contribution in [0.2, 0.25) is 0 Å². The Morgan fingerprint density at radius 3 is 2.21 bits per heavy atom. The van der Waals surface area contributed by atoms with Crippen LogP contribution in [0.25, 0.3) is 11.3 Å². The third-order valence-corrected chi connectivity index (χ3v) is 6.58. The van der Waals surface area contributed by atoms with Gasteiger partial charge in [-0.1, -0.05) is 0 Å². The normalized spacial score (nSPS) is 14.7. The van der Waals surface area contributed by atoms with E-state index >= 15 is 0 Å². The van der Waals surface area contributed by atoms with Gasteiger partial charge in [0.25, 0.3) is 5.91 Å². The fourth-order valence-electron chi connectivity index (χ4n) is 4.83. The lowest BCUT2D eigenvalue weighted by Gasteiger charge is -2.36. The van der Waals surface area contributed by atoms with E-state index in [0.717, 1.165) is 46.9 Å². The van der Waals surface area contributed by atoms with E-state index in [2.05, 4.69) is 22.1 Å². The second kappa shape index (κ2) is 8.35. The van der Waals surface area contributed by atoms with Crippen LogP contribution in [-0.4, -0.2) is 68.1 Å². The van der Waals surface area contributed by atoms with Gasteiger partial charge < -0.3 is 24.0 Å². The van der Waals surface area contributed by atoms with E-state index in [1.165, 1.54) is 0 Å². The molecule has 0 bridgehead atoms. The van der Waals surface area contributed by atoms with Crippen molar-refractivity contribution in [3.63, 3.8) is 0 Å². The van der Waals surface area contributed by atoms with Crippen LogP contribution in [0.4, 0.5) is 5.69 Å². The summed E-state index contributed by atoms with van der Waals surface area (Å²) in [5.74, 6) is 2.20. The summed E-state index contributed by atoms with van der Waals surface area (Å²) in [6.07, 6.45) is 0.658. The van der Waals surface area contributed by atoms with Crippen molar-refractivity contribution in [2.45, 2.75) is 6.42 Å². The van der Waals surface area contributed by atoms with Gasteiger partial charge in [-0.15, -0.1) is 0 Å². The summed E-state index contributed by atoms with van der Waals surface area (Å²) in [6.45, 7) is 2.87. The molecular weight excluding hydrogens is 420 g/mol. The molecule has 0 saturated carbocycles. The molecule has 0 radical (unpaired) electrons. The molecule has 8 heteroatoms. The topological polar surface area (TPSA) is 69.1 Å². The molecule has 1 aliphatic heterocycles. The van der Waals surface area contributed by atoms with Gasteiger partial charge in [0.15, 0.2) is 17.2 Å². The Hall–Kier alpha value is -3.68. The van der Waals surface area contributed by atoms with Crippen LogP contribution < -0.4 is 19.1 Å². The first-order valence-corrected chi connectivity index (χ1v) is 11.0. The van der Waals surface area contributed by atoms with E-state index in [-0.39, 0.29) is 5.91 Å². The Balaban J connectivity index is 1.35. The van der Waals surface area contributed by atoms with E-state index in [1.807, 2.05) is 40.9 Å². The molecule has 3 aromatic rings. The van der Waals surface area contributed by atoms with Gasteiger partial charge in [-0.2, -0.15) is 5.10 Å². The smallest absolute Gasteiger partial charge is 0.274 e. The monoisotopic (exact) mass is 448 g/mol. The number of anilines is 1. The zero-order valence-electron chi connectivity index (χ0n) is 19.4. The van der Waals surface area contributed by atoms with Crippen LogP contribution in [0.15, 0.2) is 36.4 Å². The SMILES string of the molecule is COc1ccc(N2CCN(C(=O)c3nn(C)c4c3Cc3cc(OC)c(OC)cc3-4)CC2)cc1. The van der Waals surface area contributed by atoms with Crippen LogP contribution in [0.1, 0.15) is 21.6 Å². The van der Waals surface area contributed by atoms with E-state index in [9.17, 15) is 4.79 Å². The molecule has 0 N–H and O–H groups in total. The predicted octanol–water partition coefficient (Wildman–Crippen LogP) is 2.98. The lowest BCUT2D eigenvalue weighted by atomic mass is 10.1. The number of benzene rings is 2. The number of nitrogens with zero attached hydrogens (tertiary/aromatic N) is 4. The number of ether oxygens (including phenoxy) is 3. The van der Waals surface area contributed by atoms with Gasteiger partial charge >= 0.3 is 0 Å². The van der Waals surface area contributed by atoms with Crippen LogP contribution in [0.3, 0.4) is 0 Å². The van der Waals surface area contributed by atoms with Gasteiger partial charge in [0.2, 0.25) is 0 Å². The number of methoxy groups -OCH3 is 3. The number of rotatable bonds is 5. The Morgan fingerprint density at radius 1 is 0.909 bits per heavy atom. The number of aromatic nitrogens is 2. The third kappa shape index (κ3) is 3.55. The zero-order chi connectivity index (χ0) is 23.1. The number of carbonyl (C=O) groups excluding carboxylic acids is 1. The maximum Gasteiger partial charge on any atom is 0.274 e. The quantitative estimate of drug-likeness (QED) is 0.468. The van der Waals surface area contributed by atoms with E-state index in [0.29, 0.717) is 36.7 Å². The molecule has 1 aromatic heterocycles.